The molecule has 7 nitrogen and oxygen atoms in total. The number of hydrogen-bond acceptors (Lipinski definition) is 6. The number of benzene rings is 1. The van der Waals surface area contributed by atoms with Crippen molar-refractivity contribution in [3.63, 3.8) is 0 Å². The number of hydrogen-bond donors (Lipinski definition) is 3. The number of nitrogens with one attached hydrogen (secondary N) is 3. The Morgan fingerprint density at radius 1 is 1.42 bits per heavy atom. The van der Waals surface area contributed by atoms with Gasteiger partial charge in [0, 0.05) is 17.8 Å². The summed E-state index contributed by atoms with van der Waals surface area (Å²) in [7, 11) is 0. The summed E-state index contributed by atoms with van der Waals surface area (Å²) in [4.78, 5) is 19.0. The Bertz CT molecular complexity index is 1020. The average molecular weight is 450 g/mol. The van der Waals surface area contributed by atoms with Gasteiger partial charge in [-0.3, -0.25) is 4.79 Å². The zero-order chi connectivity index (χ0) is 22.1. The minimum atomic E-state index is -1.05. The van der Waals surface area contributed by atoms with E-state index in [4.69, 9.17) is 21.7 Å². The van der Waals surface area contributed by atoms with Crippen LogP contribution in [-0.4, -0.2) is 60.7 Å². The van der Waals surface area contributed by atoms with Gasteiger partial charge in [0.2, 0.25) is 0 Å². The summed E-state index contributed by atoms with van der Waals surface area (Å²) in [6, 6.07) is 3.15. The lowest BCUT2D eigenvalue weighted by molar-refractivity contribution is 0.0798. The monoisotopic (exact) mass is 449 g/mol. The standard InChI is InChI=1S/C21H22ClF2N5O2/c1-11-15(22)7-27-20(28-11)14-8-29(9-17(14)25)21(30)13-3-2-12(23)6-19(13)31-10-18-16(24)4-5-26-18/h2-3,6-7,16,18,25-27H,4-5,8-10H2,1H3/b20-14+,25-17?. The molecule has 31 heavy (non-hydrogen) atoms. The van der Waals surface area contributed by atoms with Crippen molar-refractivity contribution in [3.8, 4) is 5.75 Å². The molecular formula is C21H22ClF2N5O2. The highest BCUT2D eigenvalue weighted by Crippen LogP contribution is 2.26. The number of aliphatic imine (C=N–C) groups is 1. The van der Waals surface area contributed by atoms with Crippen LogP contribution in [0.1, 0.15) is 23.7 Å². The van der Waals surface area contributed by atoms with Crippen LogP contribution in [0, 0.1) is 11.2 Å². The minimum Gasteiger partial charge on any atom is -0.491 e. The predicted octanol–water partition coefficient (Wildman–Crippen LogP) is 2.74. The van der Waals surface area contributed by atoms with Crippen molar-refractivity contribution in [1.82, 2.24) is 15.5 Å². The molecule has 0 spiro atoms. The quantitative estimate of drug-likeness (QED) is 0.659. The molecule has 0 aliphatic carbocycles. The Kier molecular flexibility index (Phi) is 6.06. The van der Waals surface area contributed by atoms with Gasteiger partial charge in [0.15, 0.2) is 0 Å². The van der Waals surface area contributed by atoms with Crippen molar-refractivity contribution in [2.45, 2.75) is 25.6 Å². The Hall–Kier alpha value is -2.78. The van der Waals surface area contributed by atoms with Crippen LogP contribution in [0.15, 0.2) is 45.8 Å². The summed E-state index contributed by atoms with van der Waals surface area (Å²) in [5.74, 6) is -0.437. The molecule has 10 heteroatoms. The molecule has 2 fully saturated rings. The van der Waals surface area contributed by atoms with E-state index in [9.17, 15) is 13.6 Å². The molecule has 1 amide bonds. The van der Waals surface area contributed by atoms with E-state index in [1.165, 1.54) is 17.0 Å². The molecule has 2 saturated heterocycles. The number of alkyl halides is 1. The van der Waals surface area contributed by atoms with Crippen molar-refractivity contribution in [2.24, 2.45) is 4.99 Å². The van der Waals surface area contributed by atoms with Crippen molar-refractivity contribution >= 4 is 28.9 Å². The van der Waals surface area contributed by atoms with Crippen molar-refractivity contribution < 1.29 is 18.3 Å². The maximum absolute atomic E-state index is 13.8. The highest BCUT2D eigenvalue weighted by molar-refractivity contribution is 6.43. The first-order valence-electron chi connectivity index (χ1n) is 9.91. The molecule has 3 heterocycles. The lowest BCUT2D eigenvalue weighted by Gasteiger charge is -2.19. The maximum Gasteiger partial charge on any atom is 0.258 e. The second-order valence-electron chi connectivity index (χ2n) is 7.62. The number of likely N-dealkylation sites (tertiary alicyclic amines) is 1. The largest absolute Gasteiger partial charge is 0.491 e. The third-order valence-electron chi connectivity index (χ3n) is 5.45. The minimum absolute atomic E-state index is 0.0129. The molecule has 164 valence electrons. The number of ether oxygens (including phenoxy) is 1. The molecule has 0 radical (unpaired) electrons. The number of carbonyl (C=O) groups excluding carboxylic acids is 1. The van der Waals surface area contributed by atoms with E-state index in [2.05, 4.69) is 15.6 Å². The second-order valence-corrected chi connectivity index (χ2v) is 8.02. The van der Waals surface area contributed by atoms with E-state index in [0.717, 1.165) is 6.07 Å². The summed E-state index contributed by atoms with van der Waals surface area (Å²) >= 11 is 6.01. The van der Waals surface area contributed by atoms with Crippen LogP contribution in [0.25, 0.3) is 0 Å². The van der Waals surface area contributed by atoms with E-state index >= 15 is 0 Å². The van der Waals surface area contributed by atoms with Gasteiger partial charge >= 0.3 is 0 Å². The van der Waals surface area contributed by atoms with E-state index < -0.39 is 23.9 Å². The number of rotatable bonds is 4. The predicted molar refractivity (Wildman–Crippen MR) is 114 cm³/mol. The fraction of sp³-hybridized carbons (Fsp3) is 0.381. The van der Waals surface area contributed by atoms with Gasteiger partial charge in [0.1, 0.15) is 30.2 Å². The van der Waals surface area contributed by atoms with Crippen LogP contribution < -0.4 is 15.4 Å². The molecule has 2 atom stereocenters. The van der Waals surface area contributed by atoms with Crippen molar-refractivity contribution in [1.29, 1.82) is 5.41 Å². The van der Waals surface area contributed by atoms with Crippen LogP contribution >= 0.6 is 11.6 Å². The Labute approximate surface area is 183 Å². The molecule has 3 aliphatic rings. The zero-order valence-corrected chi connectivity index (χ0v) is 17.6. The maximum atomic E-state index is 13.8. The summed E-state index contributed by atoms with van der Waals surface area (Å²) in [5.41, 5.74) is 1.60. The van der Waals surface area contributed by atoms with Crippen LogP contribution in [0.3, 0.4) is 0 Å². The Morgan fingerprint density at radius 3 is 2.94 bits per heavy atom. The third-order valence-corrected chi connectivity index (χ3v) is 5.83. The lowest BCUT2D eigenvalue weighted by atomic mass is 10.1. The topological polar surface area (TPSA) is 89.8 Å². The van der Waals surface area contributed by atoms with Crippen LogP contribution in [0.4, 0.5) is 8.78 Å². The third kappa shape index (κ3) is 4.47. The first-order chi connectivity index (χ1) is 14.8. The van der Waals surface area contributed by atoms with Crippen molar-refractivity contribution in [2.75, 3.05) is 26.2 Å². The van der Waals surface area contributed by atoms with E-state index in [0.29, 0.717) is 35.1 Å². The number of halogens is 3. The lowest BCUT2D eigenvalue weighted by Crippen LogP contribution is -2.35. The van der Waals surface area contributed by atoms with Gasteiger partial charge < -0.3 is 25.7 Å². The fourth-order valence-electron chi connectivity index (χ4n) is 3.68. The summed E-state index contributed by atoms with van der Waals surface area (Å²) in [5, 5.41) is 14.7. The highest BCUT2D eigenvalue weighted by Gasteiger charge is 2.32. The first-order valence-corrected chi connectivity index (χ1v) is 10.3. The summed E-state index contributed by atoms with van der Waals surface area (Å²) in [6.07, 6.45) is 0.938. The number of nitrogens with zero attached hydrogens (tertiary/aromatic N) is 2. The van der Waals surface area contributed by atoms with Crippen LogP contribution in [-0.2, 0) is 0 Å². The molecular weight excluding hydrogens is 428 g/mol. The van der Waals surface area contributed by atoms with Gasteiger partial charge in [-0.25, -0.2) is 13.8 Å². The Balaban J connectivity index is 1.53. The summed E-state index contributed by atoms with van der Waals surface area (Å²) < 4.78 is 33.3. The summed E-state index contributed by atoms with van der Waals surface area (Å²) in [6.45, 7) is 2.54. The molecule has 0 saturated carbocycles. The second kappa shape index (κ2) is 8.76. The molecule has 1 aromatic rings. The molecule has 0 bridgehead atoms. The van der Waals surface area contributed by atoms with Crippen LogP contribution in [0.2, 0.25) is 0 Å². The molecule has 3 N–H and O–H groups in total. The number of carbonyl (C=O) groups is 1. The van der Waals surface area contributed by atoms with Gasteiger partial charge in [-0.1, -0.05) is 11.6 Å². The highest BCUT2D eigenvalue weighted by atomic mass is 35.5. The number of amides is 1. The first kappa shape index (κ1) is 21.5. The van der Waals surface area contributed by atoms with Crippen LogP contribution in [0.5, 0.6) is 5.75 Å². The Morgan fingerprint density at radius 2 is 2.23 bits per heavy atom. The molecule has 4 rings (SSSR count). The van der Waals surface area contributed by atoms with Gasteiger partial charge in [-0.2, -0.15) is 0 Å². The molecule has 2 unspecified atom stereocenters. The van der Waals surface area contributed by atoms with Gasteiger partial charge in [0.25, 0.3) is 5.91 Å². The normalized spacial score (nSPS) is 25.9. The van der Waals surface area contributed by atoms with Gasteiger partial charge in [-0.15, -0.1) is 0 Å². The van der Waals surface area contributed by atoms with E-state index in [-0.39, 0.29) is 36.7 Å². The van der Waals surface area contributed by atoms with Gasteiger partial charge in [0.05, 0.1) is 41.2 Å². The van der Waals surface area contributed by atoms with Gasteiger partial charge in [-0.05, 0) is 32.0 Å². The van der Waals surface area contributed by atoms with E-state index in [1.54, 1.807) is 13.1 Å². The molecule has 1 aromatic carbocycles. The smallest absolute Gasteiger partial charge is 0.258 e. The zero-order valence-electron chi connectivity index (χ0n) is 16.8. The average Bonchev–Trinajstić information content (AvgIpc) is 3.33. The SMILES string of the molecule is CC1=N/C(=C2\CN(C(=O)c3ccc(F)cc3OCC3NCCC3F)CC2=N)NC=C1Cl. The van der Waals surface area contributed by atoms with Crippen molar-refractivity contribution in [3.05, 3.63) is 52.2 Å². The molecule has 0 aromatic heterocycles. The number of allylic oxidation sites excluding steroid dienone is 1. The fourth-order valence-corrected chi connectivity index (χ4v) is 3.77. The molecule has 3 aliphatic heterocycles. The van der Waals surface area contributed by atoms with E-state index in [1.807, 2.05) is 0 Å².